The third-order valence-electron chi connectivity index (χ3n) is 1.82. The highest BCUT2D eigenvalue weighted by Crippen LogP contribution is 2.31. The second-order valence-electron chi connectivity index (χ2n) is 2.79. The fourth-order valence-electron chi connectivity index (χ4n) is 1.14. The summed E-state index contributed by atoms with van der Waals surface area (Å²) in [7, 11) is 0. The first-order chi connectivity index (χ1) is 7.31. The molecule has 0 amide bonds. The number of halogens is 1. The molecule has 1 aromatic heterocycles. The Morgan fingerprint density at radius 1 is 1.47 bits per heavy atom. The van der Waals surface area contributed by atoms with Gasteiger partial charge in [0.25, 0.3) is 5.22 Å². The molecule has 0 atom stereocenters. The highest BCUT2D eigenvalue weighted by atomic mass is 32.2. The molecule has 1 N–H and O–H groups in total. The van der Waals surface area contributed by atoms with Crippen molar-refractivity contribution in [2.75, 3.05) is 0 Å². The van der Waals surface area contributed by atoms with Crippen molar-refractivity contribution in [3.05, 3.63) is 42.0 Å². The molecule has 0 fully saturated rings. The van der Waals surface area contributed by atoms with Gasteiger partial charge in [0.2, 0.25) is 0 Å². The third-order valence-corrected chi connectivity index (χ3v) is 2.86. The van der Waals surface area contributed by atoms with Crippen molar-refractivity contribution >= 4 is 11.8 Å². The molecule has 1 aromatic carbocycles. The van der Waals surface area contributed by atoms with E-state index in [1.54, 1.807) is 12.1 Å². The van der Waals surface area contributed by atoms with Crippen LogP contribution in [0.15, 0.2) is 45.2 Å². The molecule has 5 heteroatoms. The summed E-state index contributed by atoms with van der Waals surface area (Å²) in [5.41, 5.74) is 0.526. The maximum atomic E-state index is 13.4. The lowest BCUT2D eigenvalue weighted by molar-refractivity contribution is 0.277. The Labute approximate surface area is 90.0 Å². The second-order valence-corrected chi connectivity index (χ2v) is 3.75. The number of aromatic nitrogens is 1. The average Bonchev–Trinajstić information content (AvgIpc) is 2.74. The number of hydrogen-bond donors (Lipinski definition) is 1. The van der Waals surface area contributed by atoms with Gasteiger partial charge in [-0.1, -0.05) is 12.1 Å². The Bertz CT molecular complexity index is 445. The van der Waals surface area contributed by atoms with E-state index in [4.69, 9.17) is 9.52 Å². The van der Waals surface area contributed by atoms with Crippen LogP contribution in [0.3, 0.4) is 0 Å². The van der Waals surface area contributed by atoms with E-state index in [9.17, 15) is 4.39 Å². The summed E-state index contributed by atoms with van der Waals surface area (Å²) >= 11 is 1.06. The van der Waals surface area contributed by atoms with Gasteiger partial charge in [-0.15, -0.1) is 0 Å². The molecule has 0 spiro atoms. The second kappa shape index (κ2) is 4.46. The summed E-state index contributed by atoms with van der Waals surface area (Å²) in [6, 6.07) is 4.55. The van der Waals surface area contributed by atoms with Crippen LogP contribution in [0.4, 0.5) is 4.39 Å². The van der Waals surface area contributed by atoms with Crippen LogP contribution in [0.25, 0.3) is 0 Å². The minimum Gasteiger partial charge on any atom is -0.440 e. The quantitative estimate of drug-likeness (QED) is 0.871. The van der Waals surface area contributed by atoms with Crippen molar-refractivity contribution in [1.82, 2.24) is 4.98 Å². The monoisotopic (exact) mass is 225 g/mol. The van der Waals surface area contributed by atoms with Crippen molar-refractivity contribution in [2.24, 2.45) is 0 Å². The zero-order valence-electron chi connectivity index (χ0n) is 7.68. The smallest absolute Gasteiger partial charge is 0.260 e. The van der Waals surface area contributed by atoms with E-state index in [1.807, 2.05) is 0 Å². The molecule has 0 aliphatic rings. The van der Waals surface area contributed by atoms with Crippen molar-refractivity contribution in [1.29, 1.82) is 0 Å². The van der Waals surface area contributed by atoms with Gasteiger partial charge in [0, 0.05) is 0 Å². The molecule has 78 valence electrons. The van der Waals surface area contributed by atoms with Crippen LogP contribution in [-0.4, -0.2) is 10.1 Å². The molecule has 0 aliphatic heterocycles. The van der Waals surface area contributed by atoms with Crippen LogP contribution in [0.5, 0.6) is 0 Å². The van der Waals surface area contributed by atoms with Gasteiger partial charge in [0.1, 0.15) is 12.1 Å². The first-order valence-corrected chi connectivity index (χ1v) is 5.08. The zero-order valence-corrected chi connectivity index (χ0v) is 8.50. The Morgan fingerprint density at radius 2 is 2.33 bits per heavy atom. The lowest BCUT2D eigenvalue weighted by Crippen LogP contribution is -1.91. The SMILES string of the molecule is OCc1cccc(F)c1Sc1ncco1. The minimum atomic E-state index is -0.384. The topological polar surface area (TPSA) is 46.3 Å². The molecule has 0 bridgehead atoms. The molecule has 0 aliphatic carbocycles. The Balaban J connectivity index is 2.34. The summed E-state index contributed by atoms with van der Waals surface area (Å²) < 4.78 is 18.4. The van der Waals surface area contributed by atoms with Crippen LogP contribution in [0.2, 0.25) is 0 Å². The first-order valence-electron chi connectivity index (χ1n) is 4.27. The van der Waals surface area contributed by atoms with Crippen molar-refractivity contribution in [2.45, 2.75) is 16.7 Å². The van der Waals surface area contributed by atoms with Gasteiger partial charge in [-0.3, -0.25) is 0 Å². The molecular formula is C10H8FNO2S. The largest absolute Gasteiger partial charge is 0.440 e. The normalized spacial score (nSPS) is 10.5. The van der Waals surface area contributed by atoms with Crippen LogP contribution < -0.4 is 0 Å². The predicted molar refractivity (Wildman–Crippen MR) is 52.9 cm³/mol. The molecule has 2 rings (SSSR count). The Kier molecular flexibility index (Phi) is 3.03. The molecular weight excluding hydrogens is 217 g/mol. The van der Waals surface area contributed by atoms with Gasteiger partial charge in [-0.25, -0.2) is 9.37 Å². The lowest BCUT2D eigenvalue weighted by atomic mass is 10.2. The molecule has 3 nitrogen and oxygen atoms in total. The number of rotatable bonds is 3. The number of aliphatic hydroxyl groups excluding tert-OH is 1. The van der Waals surface area contributed by atoms with E-state index in [2.05, 4.69) is 4.98 Å². The number of benzene rings is 1. The van der Waals surface area contributed by atoms with Crippen molar-refractivity contribution < 1.29 is 13.9 Å². The van der Waals surface area contributed by atoms with Crippen LogP contribution in [0, 0.1) is 5.82 Å². The summed E-state index contributed by atoms with van der Waals surface area (Å²) in [6.07, 6.45) is 2.91. The van der Waals surface area contributed by atoms with Crippen LogP contribution in [-0.2, 0) is 6.61 Å². The fourth-order valence-corrected chi connectivity index (χ4v) is 1.96. The number of oxazole rings is 1. The Morgan fingerprint density at radius 3 is 3.00 bits per heavy atom. The van der Waals surface area contributed by atoms with Gasteiger partial charge in [0.05, 0.1) is 17.7 Å². The van der Waals surface area contributed by atoms with E-state index < -0.39 is 0 Å². The average molecular weight is 225 g/mol. The molecule has 1 heterocycles. The highest BCUT2D eigenvalue weighted by molar-refractivity contribution is 7.99. The highest BCUT2D eigenvalue weighted by Gasteiger charge is 2.11. The summed E-state index contributed by atoms with van der Waals surface area (Å²) in [4.78, 5) is 4.23. The summed E-state index contributed by atoms with van der Waals surface area (Å²) in [5, 5.41) is 9.40. The van der Waals surface area contributed by atoms with Crippen molar-refractivity contribution in [3.63, 3.8) is 0 Å². The third kappa shape index (κ3) is 2.19. The van der Waals surface area contributed by atoms with E-state index in [0.717, 1.165) is 11.8 Å². The van der Waals surface area contributed by atoms with Gasteiger partial charge >= 0.3 is 0 Å². The van der Waals surface area contributed by atoms with E-state index in [1.165, 1.54) is 18.5 Å². The van der Waals surface area contributed by atoms with Gasteiger partial charge in [0.15, 0.2) is 0 Å². The molecule has 0 radical (unpaired) electrons. The zero-order chi connectivity index (χ0) is 10.7. The minimum absolute atomic E-state index is 0.208. The molecule has 2 aromatic rings. The van der Waals surface area contributed by atoms with E-state index >= 15 is 0 Å². The number of nitrogens with zero attached hydrogens (tertiary/aromatic N) is 1. The Hall–Kier alpha value is -1.33. The molecule has 0 saturated carbocycles. The predicted octanol–water partition coefficient (Wildman–Crippen LogP) is 2.46. The van der Waals surface area contributed by atoms with Crippen molar-refractivity contribution in [3.8, 4) is 0 Å². The van der Waals surface area contributed by atoms with Gasteiger partial charge in [-0.2, -0.15) is 0 Å². The number of aliphatic hydroxyl groups is 1. The maximum absolute atomic E-state index is 13.4. The standard InChI is InChI=1S/C10H8FNO2S/c11-8-3-1-2-7(6-13)9(8)15-10-12-4-5-14-10/h1-5,13H,6H2. The molecule has 0 unspecified atom stereocenters. The van der Waals surface area contributed by atoms with Gasteiger partial charge < -0.3 is 9.52 Å². The molecule has 15 heavy (non-hydrogen) atoms. The first kappa shape index (κ1) is 10.2. The van der Waals surface area contributed by atoms with Gasteiger partial charge in [-0.05, 0) is 23.4 Å². The summed E-state index contributed by atoms with van der Waals surface area (Å²) in [5.74, 6) is -0.384. The fraction of sp³-hybridized carbons (Fsp3) is 0.100. The molecule has 0 saturated heterocycles. The van der Waals surface area contributed by atoms with Crippen LogP contribution in [0.1, 0.15) is 5.56 Å². The van der Waals surface area contributed by atoms with E-state index in [0.29, 0.717) is 15.7 Å². The lowest BCUT2D eigenvalue weighted by Gasteiger charge is -2.04. The summed E-state index contributed by atoms with van der Waals surface area (Å²) in [6.45, 7) is -0.208. The van der Waals surface area contributed by atoms with E-state index in [-0.39, 0.29) is 12.4 Å². The van der Waals surface area contributed by atoms with Crippen LogP contribution >= 0.6 is 11.8 Å². The number of hydrogen-bond acceptors (Lipinski definition) is 4. The maximum Gasteiger partial charge on any atom is 0.260 e.